The van der Waals surface area contributed by atoms with Gasteiger partial charge in [0.15, 0.2) is 5.69 Å². The van der Waals surface area contributed by atoms with Crippen molar-refractivity contribution in [2.45, 2.75) is 6.36 Å². The number of nitrogens with zero attached hydrogens (tertiary/aromatic N) is 5. The fourth-order valence-electron chi connectivity index (χ4n) is 2.73. The maximum Gasteiger partial charge on any atom is 0.573 e. The molecule has 0 amide bonds. The first-order valence-electron chi connectivity index (χ1n) is 8.32. The van der Waals surface area contributed by atoms with E-state index in [0.29, 0.717) is 17.1 Å². The molecule has 10 heteroatoms. The zero-order valence-electron chi connectivity index (χ0n) is 14.6. The second-order valence-electron chi connectivity index (χ2n) is 5.85. The van der Waals surface area contributed by atoms with E-state index in [2.05, 4.69) is 19.9 Å². The summed E-state index contributed by atoms with van der Waals surface area (Å²) >= 11 is 0. The van der Waals surface area contributed by atoms with Crippen LogP contribution in [0.5, 0.6) is 5.75 Å². The number of ether oxygens (including phenoxy) is 1. The minimum Gasteiger partial charge on any atom is -0.406 e. The Kier molecular flexibility index (Phi) is 4.59. The van der Waals surface area contributed by atoms with E-state index in [0.717, 1.165) is 0 Å². The molecule has 146 valence electrons. The Hall–Kier alpha value is -3.95. The molecule has 29 heavy (non-hydrogen) atoms. The lowest BCUT2D eigenvalue weighted by Gasteiger charge is -2.12. The van der Waals surface area contributed by atoms with E-state index in [-0.39, 0.29) is 16.9 Å². The van der Waals surface area contributed by atoms with Gasteiger partial charge in [0.1, 0.15) is 5.75 Å². The smallest absolute Gasteiger partial charge is 0.406 e. The maximum atomic E-state index is 12.5. The molecule has 0 saturated heterocycles. The monoisotopic (exact) mass is 399 g/mol. The van der Waals surface area contributed by atoms with Crippen LogP contribution in [0.2, 0.25) is 0 Å². The normalized spacial score (nSPS) is 11.4. The molecule has 0 aliphatic heterocycles. The van der Waals surface area contributed by atoms with Crippen molar-refractivity contribution in [3.8, 4) is 28.5 Å². The highest BCUT2D eigenvalue weighted by atomic mass is 19.4. The van der Waals surface area contributed by atoms with Gasteiger partial charge < -0.3 is 4.74 Å². The number of halogens is 3. The largest absolute Gasteiger partial charge is 0.573 e. The molecule has 0 N–H and O–H groups in total. The average Bonchev–Trinajstić information content (AvgIpc) is 3.17. The van der Waals surface area contributed by atoms with Crippen LogP contribution in [0.4, 0.5) is 13.2 Å². The molecule has 7 nitrogen and oxygen atoms in total. The highest BCUT2D eigenvalue weighted by Crippen LogP contribution is 2.25. The van der Waals surface area contributed by atoms with E-state index in [1.807, 2.05) is 0 Å². The summed E-state index contributed by atoms with van der Waals surface area (Å²) in [6, 6.07) is 11.6. The van der Waals surface area contributed by atoms with Crippen LogP contribution in [0.25, 0.3) is 22.8 Å². The van der Waals surface area contributed by atoms with Gasteiger partial charge in [-0.3, -0.25) is 9.78 Å². The van der Waals surface area contributed by atoms with Crippen LogP contribution >= 0.6 is 0 Å². The summed E-state index contributed by atoms with van der Waals surface area (Å²) < 4.78 is 44.2. The van der Waals surface area contributed by atoms with Crippen molar-refractivity contribution in [2.24, 2.45) is 0 Å². The van der Waals surface area contributed by atoms with Crippen LogP contribution in [-0.2, 0) is 0 Å². The summed E-state index contributed by atoms with van der Waals surface area (Å²) in [6.45, 7) is 0. The van der Waals surface area contributed by atoms with Gasteiger partial charge in [-0.1, -0.05) is 6.07 Å². The topological polar surface area (TPSA) is 74.8 Å². The number of alkyl halides is 3. The lowest BCUT2D eigenvalue weighted by Crippen LogP contribution is -2.17. The van der Waals surface area contributed by atoms with Gasteiger partial charge >= 0.3 is 6.36 Å². The second kappa shape index (κ2) is 7.23. The predicted molar refractivity (Wildman–Crippen MR) is 96.9 cm³/mol. The van der Waals surface area contributed by atoms with E-state index in [1.54, 1.807) is 36.7 Å². The molecule has 0 aliphatic rings. The Morgan fingerprint density at radius 1 is 0.931 bits per heavy atom. The molecule has 0 saturated carbocycles. The van der Waals surface area contributed by atoms with E-state index in [4.69, 9.17) is 0 Å². The summed E-state index contributed by atoms with van der Waals surface area (Å²) in [7, 11) is 0. The van der Waals surface area contributed by atoms with E-state index in [1.165, 1.54) is 46.0 Å². The van der Waals surface area contributed by atoms with Crippen LogP contribution in [0.3, 0.4) is 0 Å². The van der Waals surface area contributed by atoms with Crippen molar-refractivity contribution in [1.29, 1.82) is 0 Å². The molecule has 0 unspecified atom stereocenters. The van der Waals surface area contributed by atoms with Crippen molar-refractivity contribution < 1.29 is 17.9 Å². The summed E-state index contributed by atoms with van der Waals surface area (Å²) in [6.07, 6.45) is 1.25. The standard InChI is InChI=1S/C19H12F3N5O2/c20-19(21,22)29-15-3-1-2-14(12-15)26-11-7-17(28)18(25-26)16-6-10-24-27(16)13-4-8-23-9-5-13/h1-12H. The number of hydrogen-bond donors (Lipinski definition) is 0. The van der Waals surface area contributed by atoms with Crippen molar-refractivity contribution in [3.63, 3.8) is 0 Å². The van der Waals surface area contributed by atoms with Gasteiger partial charge in [0.25, 0.3) is 0 Å². The van der Waals surface area contributed by atoms with Crippen LogP contribution in [0.15, 0.2) is 78.1 Å². The van der Waals surface area contributed by atoms with Crippen LogP contribution in [0.1, 0.15) is 0 Å². The summed E-state index contributed by atoms with van der Waals surface area (Å²) in [4.78, 5) is 16.4. The average molecular weight is 399 g/mol. The first-order valence-corrected chi connectivity index (χ1v) is 8.32. The van der Waals surface area contributed by atoms with E-state index < -0.39 is 6.36 Å². The fourth-order valence-corrected chi connectivity index (χ4v) is 2.73. The second-order valence-corrected chi connectivity index (χ2v) is 5.85. The molecular weight excluding hydrogens is 387 g/mol. The first-order chi connectivity index (χ1) is 13.9. The zero-order chi connectivity index (χ0) is 20.4. The Labute approximate surface area is 161 Å². The van der Waals surface area contributed by atoms with Gasteiger partial charge in [-0.05, 0) is 30.3 Å². The van der Waals surface area contributed by atoms with Gasteiger partial charge in [-0.15, -0.1) is 13.2 Å². The molecule has 0 bridgehead atoms. The number of aromatic nitrogens is 5. The van der Waals surface area contributed by atoms with Crippen molar-refractivity contribution in [2.75, 3.05) is 0 Å². The first kappa shape index (κ1) is 18.4. The Morgan fingerprint density at radius 3 is 2.48 bits per heavy atom. The molecular formula is C19H12F3N5O2. The molecule has 1 aromatic carbocycles. The number of rotatable bonds is 4. The molecule has 0 radical (unpaired) electrons. The lowest BCUT2D eigenvalue weighted by molar-refractivity contribution is -0.274. The van der Waals surface area contributed by atoms with Crippen molar-refractivity contribution >= 4 is 0 Å². The molecule has 4 rings (SSSR count). The number of hydrogen-bond acceptors (Lipinski definition) is 5. The quantitative estimate of drug-likeness (QED) is 0.526. The minimum atomic E-state index is -4.81. The van der Waals surface area contributed by atoms with Crippen LogP contribution in [0, 0.1) is 0 Å². The lowest BCUT2D eigenvalue weighted by atomic mass is 10.2. The summed E-state index contributed by atoms with van der Waals surface area (Å²) in [5.41, 5.74) is 1.13. The van der Waals surface area contributed by atoms with Gasteiger partial charge in [0, 0.05) is 30.7 Å². The molecule has 0 fully saturated rings. The van der Waals surface area contributed by atoms with Crippen LogP contribution < -0.4 is 10.2 Å². The van der Waals surface area contributed by atoms with Crippen molar-refractivity contribution in [3.05, 3.63) is 83.5 Å². The fraction of sp³-hybridized carbons (Fsp3) is 0.0526. The molecule has 0 atom stereocenters. The third-order valence-corrected chi connectivity index (χ3v) is 3.92. The SMILES string of the molecule is O=c1ccn(-c2cccc(OC(F)(F)F)c2)nc1-c1ccnn1-c1ccncc1. The Morgan fingerprint density at radius 2 is 1.72 bits per heavy atom. The van der Waals surface area contributed by atoms with Gasteiger partial charge in [0.05, 0.1) is 23.3 Å². The zero-order valence-corrected chi connectivity index (χ0v) is 14.6. The number of benzene rings is 1. The highest BCUT2D eigenvalue weighted by Gasteiger charge is 2.31. The van der Waals surface area contributed by atoms with E-state index in [9.17, 15) is 18.0 Å². The molecule has 0 spiro atoms. The third-order valence-electron chi connectivity index (χ3n) is 3.92. The molecule has 4 aromatic rings. The maximum absolute atomic E-state index is 12.5. The molecule has 3 aromatic heterocycles. The predicted octanol–water partition coefficient (Wildman–Crippen LogP) is 3.38. The molecule has 0 aliphatic carbocycles. The van der Waals surface area contributed by atoms with Gasteiger partial charge in [-0.2, -0.15) is 10.2 Å². The van der Waals surface area contributed by atoms with Crippen LogP contribution in [-0.4, -0.2) is 30.9 Å². The Bertz CT molecular complexity index is 1200. The van der Waals surface area contributed by atoms with E-state index >= 15 is 0 Å². The summed E-state index contributed by atoms with van der Waals surface area (Å²) in [5, 5.41) is 8.52. The third kappa shape index (κ3) is 4.00. The minimum absolute atomic E-state index is 0.0870. The van der Waals surface area contributed by atoms with Gasteiger partial charge in [0.2, 0.25) is 5.43 Å². The number of pyridine rings is 1. The summed E-state index contributed by atoms with van der Waals surface area (Å²) in [5.74, 6) is -0.390. The Balaban J connectivity index is 1.77. The highest BCUT2D eigenvalue weighted by molar-refractivity contribution is 5.57. The molecule has 3 heterocycles. The van der Waals surface area contributed by atoms with Gasteiger partial charge in [-0.25, -0.2) is 9.36 Å². The van der Waals surface area contributed by atoms with Crippen molar-refractivity contribution in [1.82, 2.24) is 24.5 Å².